The number of thiophene rings is 1. The van der Waals surface area contributed by atoms with Crippen LogP contribution in [-0.4, -0.2) is 34.5 Å². The Morgan fingerprint density at radius 2 is 2.10 bits per heavy atom. The molecule has 2 aromatic rings. The van der Waals surface area contributed by atoms with E-state index >= 15 is 0 Å². The highest BCUT2D eigenvalue weighted by molar-refractivity contribution is 7.08. The van der Waals surface area contributed by atoms with Crippen LogP contribution in [0.2, 0.25) is 0 Å². The molecule has 4 heterocycles. The molecule has 0 saturated carbocycles. The molecule has 2 aliphatic rings. The molecule has 2 fully saturated rings. The van der Waals surface area contributed by atoms with E-state index in [0.29, 0.717) is 6.42 Å². The Kier molecular flexibility index (Phi) is 2.92. The number of nitrogens with zero attached hydrogens (tertiary/aromatic N) is 4. The molecule has 0 N–H and O–H groups in total. The number of carbonyl (C=O) groups excluding carboxylic acids is 1. The zero-order valence-electron chi connectivity index (χ0n) is 11.8. The van der Waals surface area contributed by atoms with Crippen LogP contribution in [0.3, 0.4) is 0 Å². The first-order valence-corrected chi connectivity index (χ1v) is 8.08. The third kappa shape index (κ3) is 2.01. The van der Waals surface area contributed by atoms with E-state index in [1.54, 1.807) is 11.3 Å². The average molecular weight is 300 g/mol. The zero-order chi connectivity index (χ0) is 14.4. The summed E-state index contributed by atoms with van der Waals surface area (Å²) in [6.07, 6.45) is 5.20. The van der Waals surface area contributed by atoms with E-state index in [0.717, 1.165) is 30.2 Å². The highest BCUT2D eigenvalue weighted by Gasteiger charge is 2.48. The van der Waals surface area contributed by atoms with Crippen molar-refractivity contribution in [3.63, 3.8) is 0 Å². The van der Waals surface area contributed by atoms with Crippen molar-refractivity contribution < 1.29 is 4.79 Å². The van der Waals surface area contributed by atoms with Crippen molar-refractivity contribution in [2.75, 3.05) is 16.3 Å². The summed E-state index contributed by atoms with van der Waals surface area (Å²) in [5, 5.41) is 4.07. The smallest absolute Gasteiger partial charge is 0.229 e. The first-order chi connectivity index (χ1) is 10.2. The number of fused-ring (bicyclic) bond motifs is 1. The van der Waals surface area contributed by atoms with E-state index in [2.05, 4.69) is 14.9 Å². The van der Waals surface area contributed by atoms with Crippen molar-refractivity contribution in [1.29, 1.82) is 0 Å². The van der Waals surface area contributed by atoms with E-state index in [1.165, 1.54) is 0 Å². The van der Waals surface area contributed by atoms with Crippen molar-refractivity contribution in [3.05, 3.63) is 34.8 Å². The molecule has 2 saturated heterocycles. The number of anilines is 2. The highest BCUT2D eigenvalue weighted by atomic mass is 32.1. The van der Waals surface area contributed by atoms with Gasteiger partial charge in [-0.3, -0.25) is 4.79 Å². The monoisotopic (exact) mass is 300 g/mol. The number of carbonyl (C=O) groups is 1. The third-order valence-corrected chi connectivity index (χ3v) is 4.97. The molecule has 5 nitrogen and oxygen atoms in total. The largest absolute Gasteiger partial charge is 0.335 e. The predicted octanol–water partition coefficient (Wildman–Crippen LogP) is 2.23. The second-order valence-corrected chi connectivity index (χ2v) is 6.41. The molecule has 4 rings (SSSR count). The van der Waals surface area contributed by atoms with Crippen LogP contribution in [0, 0.1) is 6.92 Å². The Labute approximate surface area is 127 Å². The van der Waals surface area contributed by atoms with Crippen LogP contribution in [0.25, 0.3) is 0 Å². The van der Waals surface area contributed by atoms with Crippen molar-refractivity contribution in [3.8, 4) is 0 Å². The van der Waals surface area contributed by atoms with Crippen molar-refractivity contribution in [1.82, 2.24) is 9.97 Å². The summed E-state index contributed by atoms with van der Waals surface area (Å²) < 4.78 is 0. The van der Waals surface area contributed by atoms with E-state index in [9.17, 15) is 4.79 Å². The van der Waals surface area contributed by atoms with Gasteiger partial charge in [-0.25, -0.2) is 9.97 Å². The molecule has 0 unspecified atom stereocenters. The first-order valence-electron chi connectivity index (χ1n) is 7.13. The highest BCUT2D eigenvalue weighted by Crippen LogP contribution is 2.37. The maximum Gasteiger partial charge on any atom is 0.229 e. The lowest BCUT2D eigenvalue weighted by atomic mass is 10.1. The molecule has 108 valence electrons. The minimum Gasteiger partial charge on any atom is -0.335 e. The van der Waals surface area contributed by atoms with Gasteiger partial charge < -0.3 is 9.80 Å². The fourth-order valence-corrected chi connectivity index (χ4v) is 3.99. The molecule has 0 aliphatic carbocycles. The number of rotatable bonds is 2. The molecule has 21 heavy (non-hydrogen) atoms. The number of amides is 1. The summed E-state index contributed by atoms with van der Waals surface area (Å²) >= 11 is 1.63. The van der Waals surface area contributed by atoms with E-state index in [4.69, 9.17) is 0 Å². The van der Waals surface area contributed by atoms with Gasteiger partial charge in [0.2, 0.25) is 11.9 Å². The second kappa shape index (κ2) is 4.80. The molecule has 2 aliphatic heterocycles. The molecule has 0 radical (unpaired) electrons. The molecular formula is C15H16N4OS. The van der Waals surface area contributed by atoms with Gasteiger partial charge in [-0.15, -0.1) is 0 Å². The molecule has 0 bridgehead atoms. The Morgan fingerprint density at radius 3 is 2.81 bits per heavy atom. The van der Waals surface area contributed by atoms with Crippen molar-refractivity contribution >= 4 is 28.9 Å². The summed E-state index contributed by atoms with van der Waals surface area (Å²) in [6.45, 7) is 2.89. The Hall–Kier alpha value is -1.95. The minimum absolute atomic E-state index is 0.195. The number of hydrogen-bond acceptors (Lipinski definition) is 5. The lowest BCUT2D eigenvalue weighted by Crippen LogP contribution is -2.37. The van der Waals surface area contributed by atoms with Gasteiger partial charge in [-0.2, -0.15) is 11.3 Å². The number of hydrogen-bond donors (Lipinski definition) is 0. The lowest BCUT2D eigenvalue weighted by Gasteiger charge is -2.24. The third-order valence-electron chi connectivity index (χ3n) is 4.30. The SMILES string of the molecule is Cc1cnc(N2CC[C@H]3[C@H]2CC(=O)N3c2ccsc2)nc1. The first kappa shape index (κ1) is 12.8. The van der Waals surface area contributed by atoms with Crippen molar-refractivity contribution in [2.24, 2.45) is 0 Å². The molecular weight excluding hydrogens is 284 g/mol. The fourth-order valence-electron chi connectivity index (χ4n) is 3.36. The molecule has 6 heteroatoms. The topological polar surface area (TPSA) is 49.3 Å². The molecule has 2 aromatic heterocycles. The van der Waals surface area contributed by atoms with Gasteiger partial charge in [0.15, 0.2) is 0 Å². The van der Waals surface area contributed by atoms with Crippen LogP contribution in [0.5, 0.6) is 0 Å². The normalized spacial score (nSPS) is 24.7. The Morgan fingerprint density at radius 1 is 1.29 bits per heavy atom. The Bertz CT molecular complexity index is 655. The van der Waals surface area contributed by atoms with E-state index in [-0.39, 0.29) is 18.0 Å². The van der Waals surface area contributed by atoms with Gasteiger partial charge in [0.1, 0.15) is 0 Å². The average Bonchev–Trinajstić information content (AvgIpc) is 3.16. The van der Waals surface area contributed by atoms with E-state index < -0.39 is 0 Å². The van der Waals surface area contributed by atoms with Crippen LogP contribution in [0.1, 0.15) is 18.4 Å². The quantitative estimate of drug-likeness (QED) is 0.853. The van der Waals surface area contributed by atoms with Gasteiger partial charge >= 0.3 is 0 Å². The standard InChI is InChI=1S/C15H16N4OS/c1-10-7-16-15(17-8-10)18-4-2-12-13(18)6-14(20)19(12)11-3-5-21-9-11/h3,5,7-9,12-13H,2,4,6H2,1H3/t12-,13+/m0/s1. The zero-order valence-corrected chi connectivity index (χ0v) is 12.6. The molecule has 0 aromatic carbocycles. The molecule has 1 amide bonds. The van der Waals surface area contributed by atoms with Gasteiger partial charge in [0, 0.05) is 30.7 Å². The van der Waals surface area contributed by atoms with E-state index in [1.807, 2.05) is 41.0 Å². The number of aromatic nitrogens is 2. The van der Waals surface area contributed by atoms with Crippen LogP contribution >= 0.6 is 11.3 Å². The minimum atomic E-state index is 0.195. The van der Waals surface area contributed by atoms with Crippen LogP contribution in [0.15, 0.2) is 29.2 Å². The fraction of sp³-hybridized carbons (Fsp3) is 0.400. The van der Waals surface area contributed by atoms with Crippen LogP contribution in [0.4, 0.5) is 11.6 Å². The van der Waals surface area contributed by atoms with Crippen LogP contribution in [-0.2, 0) is 4.79 Å². The Balaban J connectivity index is 1.63. The summed E-state index contributed by atoms with van der Waals surface area (Å²) in [5.41, 5.74) is 2.08. The second-order valence-electron chi connectivity index (χ2n) is 5.63. The maximum absolute atomic E-state index is 12.4. The summed E-state index contributed by atoms with van der Waals surface area (Å²) in [7, 11) is 0. The van der Waals surface area contributed by atoms with Gasteiger partial charge in [-0.1, -0.05) is 0 Å². The number of aryl methyl sites for hydroxylation is 1. The maximum atomic E-state index is 12.4. The summed E-state index contributed by atoms with van der Waals surface area (Å²) in [5.74, 6) is 0.952. The lowest BCUT2D eigenvalue weighted by molar-refractivity contribution is -0.117. The summed E-state index contributed by atoms with van der Waals surface area (Å²) in [4.78, 5) is 25.4. The van der Waals surface area contributed by atoms with Crippen molar-refractivity contribution in [2.45, 2.75) is 31.8 Å². The predicted molar refractivity (Wildman–Crippen MR) is 82.7 cm³/mol. The molecule has 2 atom stereocenters. The van der Waals surface area contributed by atoms with Gasteiger partial charge in [0.05, 0.1) is 17.8 Å². The molecule has 0 spiro atoms. The van der Waals surface area contributed by atoms with Gasteiger partial charge in [-0.05, 0) is 30.4 Å². The summed E-state index contributed by atoms with van der Waals surface area (Å²) in [6, 6.07) is 2.47. The van der Waals surface area contributed by atoms with Gasteiger partial charge in [0.25, 0.3) is 0 Å². The van der Waals surface area contributed by atoms with Crippen LogP contribution < -0.4 is 9.80 Å².